The Kier molecular flexibility index (Phi) is 6.03. The molecule has 10 heteroatoms. The first-order chi connectivity index (χ1) is 8.71. The highest BCUT2D eigenvalue weighted by Gasteiger charge is 2.22. The molecule has 1 aromatic heterocycles. The third-order valence-electron chi connectivity index (χ3n) is 2.04. The van der Waals surface area contributed by atoms with Crippen molar-refractivity contribution >= 4 is 52.4 Å². The van der Waals surface area contributed by atoms with Crippen LogP contribution in [0.15, 0.2) is 20.0 Å². The van der Waals surface area contributed by atoms with Crippen molar-refractivity contribution < 1.29 is 21.8 Å². The molecular weight excluding hydrogens is 382 g/mol. The molecular formula is C9H11BrClNO5S2. The van der Waals surface area contributed by atoms with Crippen LogP contribution in [0.25, 0.3) is 0 Å². The van der Waals surface area contributed by atoms with Crippen molar-refractivity contribution in [3.8, 4) is 0 Å². The maximum atomic E-state index is 11.6. The zero-order valence-electron chi connectivity index (χ0n) is 9.81. The van der Waals surface area contributed by atoms with Gasteiger partial charge in [-0.1, -0.05) is 0 Å². The van der Waals surface area contributed by atoms with Crippen LogP contribution in [0.4, 0.5) is 0 Å². The minimum Gasteiger partial charge on any atom is -0.443 e. The van der Waals surface area contributed by atoms with E-state index in [9.17, 15) is 17.4 Å². The number of rotatable bonds is 6. The van der Waals surface area contributed by atoms with E-state index in [1.54, 1.807) is 6.26 Å². The molecule has 0 spiro atoms. The standard InChI is InChI=1S/C9H11BrClNO5S2/c1-18(14)4-2-3-12-9(13)6-5-7(8(10)17-6)19(11,15)16/h5H,2-4H2,1H3,(H,12,13). The molecule has 0 aliphatic carbocycles. The van der Waals surface area contributed by atoms with E-state index in [2.05, 4.69) is 21.2 Å². The molecule has 19 heavy (non-hydrogen) atoms. The fraction of sp³-hybridized carbons (Fsp3) is 0.444. The second kappa shape index (κ2) is 6.87. The summed E-state index contributed by atoms with van der Waals surface area (Å²) < 4.78 is 37.9. The maximum Gasteiger partial charge on any atom is 0.287 e. The molecule has 1 aromatic rings. The molecule has 0 bridgehead atoms. The summed E-state index contributed by atoms with van der Waals surface area (Å²) in [6.45, 7) is 0.319. The van der Waals surface area contributed by atoms with Crippen LogP contribution in [-0.4, -0.2) is 37.1 Å². The minimum atomic E-state index is -3.97. The summed E-state index contributed by atoms with van der Waals surface area (Å²) in [5.74, 6) is -0.249. The first-order valence-electron chi connectivity index (χ1n) is 5.04. The first-order valence-corrected chi connectivity index (χ1v) is 9.87. The fourth-order valence-corrected chi connectivity index (χ4v) is 3.78. The van der Waals surface area contributed by atoms with Gasteiger partial charge < -0.3 is 9.73 Å². The fourth-order valence-electron chi connectivity index (χ4n) is 1.19. The molecule has 0 aliphatic rings. The zero-order chi connectivity index (χ0) is 14.6. The summed E-state index contributed by atoms with van der Waals surface area (Å²) in [7, 11) is 0.274. The number of furan rings is 1. The molecule has 108 valence electrons. The van der Waals surface area contributed by atoms with Crippen LogP contribution in [0.5, 0.6) is 0 Å². The third-order valence-corrected chi connectivity index (χ3v) is 5.08. The molecule has 6 nitrogen and oxygen atoms in total. The van der Waals surface area contributed by atoms with E-state index < -0.39 is 25.8 Å². The predicted octanol–water partition coefficient (Wildman–Crippen LogP) is 1.47. The van der Waals surface area contributed by atoms with Gasteiger partial charge in [-0.05, 0) is 22.4 Å². The summed E-state index contributed by atoms with van der Waals surface area (Å²) in [4.78, 5) is 11.3. The Morgan fingerprint density at radius 2 is 2.21 bits per heavy atom. The van der Waals surface area contributed by atoms with E-state index in [4.69, 9.17) is 15.1 Å². The van der Waals surface area contributed by atoms with E-state index in [-0.39, 0.29) is 15.3 Å². The second-order valence-electron chi connectivity index (χ2n) is 3.57. The van der Waals surface area contributed by atoms with Gasteiger partial charge in [-0.2, -0.15) is 0 Å². The number of nitrogens with one attached hydrogen (secondary N) is 1. The van der Waals surface area contributed by atoms with E-state index in [1.807, 2.05) is 0 Å². The van der Waals surface area contributed by atoms with Gasteiger partial charge in [-0.25, -0.2) is 8.42 Å². The van der Waals surface area contributed by atoms with Gasteiger partial charge in [0, 0.05) is 46.1 Å². The number of amides is 1. The highest BCUT2D eigenvalue weighted by Crippen LogP contribution is 2.28. The van der Waals surface area contributed by atoms with Gasteiger partial charge in [0.25, 0.3) is 15.0 Å². The maximum absolute atomic E-state index is 11.6. The van der Waals surface area contributed by atoms with Gasteiger partial charge in [-0.15, -0.1) is 0 Å². The van der Waals surface area contributed by atoms with E-state index in [0.29, 0.717) is 18.7 Å². The second-order valence-corrected chi connectivity index (χ2v) is 8.38. The highest BCUT2D eigenvalue weighted by molar-refractivity contribution is 9.10. The van der Waals surface area contributed by atoms with Gasteiger partial charge in [0.2, 0.25) is 0 Å². The molecule has 0 aromatic carbocycles. The predicted molar refractivity (Wildman–Crippen MR) is 75.3 cm³/mol. The Hall–Kier alpha value is -0.380. The monoisotopic (exact) mass is 391 g/mol. The van der Waals surface area contributed by atoms with E-state index in [0.717, 1.165) is 6.07 Å². The molecule has 0 saturated carbocycles. The van der Waals surface area contributed by atoms with Crippen LogP contribution in [0, 0.1) is 0 Å². The normalized spacial score (nSPS) is 13.2. The van der Waals surface area contributed by atoms with Crippen molar-refractivity contribution in [3.05, 3.63) is 16.5 Å². The molecule has 0 fully saturated rings. The number of carbonyl (C=O) groups excluding carboxylic acids is 1. The lowest BCUT2D eigenvalue weighted by Crippen LogP contribution is -2.24. The number of carbonyl (C=O) groups is 1. The van der Waals surface area contributed by atoms with Crippen molar-refractivity contribution in [1.82, 2.24) is 5.32 Å². The Morgan fingerprint density at radius 1 is 1.58 bits per heavy atom. The number of hydrogen-bond acceptors (Lipinski definition) is 5. The average Bonchev–Trinajstić information content (AvgIpc) is 2.66. The Balaban J connectivity index is 2.66. The zero-order valence-corrected chi connectivity index (χ0v) is 13.8. The molecule has 1 atom stereocenters. The number of hydrogen-bond donors (Lipinski definition) is 1. The lowest BCUT2D eigenvalue weighted by Gasteiger charge is -2.01. The lowest BCUT2D eigenvalue weighted by atomic mass is 10.4. The molecule has 1 unspecified atom stereocenters. The van der Waals surface area contributed by atoms with E-state index in [1.165, 1.54) is 0 Å². The smallest absolute Gasteiger partial charge is 0.287 e. The molecule has 1 rings (SSSR count). The quantitative estimate of drug-likeness (QED) is 0.584. The van der Waals surface area contributed by atoms with Crippen LogP contribution < -0.4 is 5.32 Å². The Morgan fingerprint density at radius 3 is 2.68 bits per heavy atom. The van der Waals surface area contributed by atoms with Gasteiger partial charge in [0.05, 0.1) is 0 Å². The van der Waals surface area contributed by atoms with Crippen LogP contribution >= 0.6 is 26.6 Å². The summed E-state index contributed by atoms with van der Waals surface area (Å²) in [5.41, 5.74) is 0. The summed E-state index contributed by atoms with van der Waals surface area (Å²) in [6, 6.07) is 1.04. The summed E-state index contributed by atoms with van der Waals surface area (Å²) >= 11 is 2.87. The molecule has 0 aliphatic heterocycles. The van der Waals surface area contributed by atoms with Crippen molar-refractivity contribution in [3.63, 3.8) is 0 Å². The molecule has 0 radical (unpaired) electrons. The highest BCUT2D eigenvalue weighted by atomic mass is 79.9. The Bertz CT molecular complexity index is 598. The molecule has 1 amide bonds. The summed E-state index contributed by atoms with van der Waals surface area (Å²) in [5, 5.41) is 2.52. The molecule has 1 heterocycles. The first kappa shape index (κ1) is 16.7. The van der Waals surface area contributed by atoms with Crippen LogP contribution in [0.2, 0.25) is 0 Å². The van der Waals surface area contributed by atoms with Crippen LogP contribution in [0.3, 0.4) is 0 Å². The van der Waals surface area contributed by atoms with Crippen molar-refractivity contribution in [2.24, 2.45) is 0 Å². The van der Waals surface area contributed by atoms with Crippen LogP contribution in [0.1, 0.15) is 17.0 Å². The van der Waals surface area contributed by atoms with Crippen molar-refractivity contribution in [1.29, 1.82) is 0 Å². The van der Waals surface area contributed by atoms with Gasteiger partial charge >= 0.3 is 0 Å². The van der Waals surface area contributed by atoms with E-state index >= 15 is 0 Å². The number of halogens is 2. The summed E-state index contributed by atoms with van der Waals surface area (Å²) in [6.07, 6.45) is 2.13. The Labute approximate surface area is 125 Å². The largest absolute Gasteiger partial charge is 0.443 e. The van der Waals surface area contributed by atoms with Gasteiger partial charge in [0.15, 0.2) is 10.4 Å². The van der Waals surface area contributed by atoms with Crippen molar-refractivity contribution in [2.45, 2.75) is 11.3 Å². The SMILES string of the molecule is CS(=O)CCCNC(=O)c1cc(S(=O)(=O)Cl)c(Br)o1. The minimum absolute atomic E-state index is 0.123. The molecule has 0 saturated heterocycles. The third kappa shape index (κ3) is 5.25. The lowest BCUT2D eigenvalue weighted by molar-refractivity contribution is 0.0925. The van der Waals surface area contributed by atoms with Gasteiger partial charge in [-0.3, -0.25) is 9.00 Å². The van der Waals surface area contributed by atoms with Crippen LogP contribution in [-0.2, 0) is 19.9 Å². The van der Waals surface area contributed by atoms with Gasteiger partial charge in [0.1, 0.15) is 4.90 Å². The topological polar surface area (TPSA) is 93.5 Å². The molecule has 1 N–H and O–H groups in total. The van der Waals surface area contributed by atoms with Crippen molar-refractivity contribution in [2.75, 3.05) is 18.6 Å². The average molecular weight is 393 g/mol.